The second kappa shape index (κ2) is 9.52. The van der Waals surface area contributed by atoms with Gasteiger partial charge in [-0.1, -0.05) is 0 Å². The van der Waals surface area contributed by atoms with Gasteiger partial charge in [0.25, 0.3) is 5.91 Å². The van der Waals surface area contributed by atoms with Crippen LogP contribution in [0, 0.1) is 11.7 Å². The number of hydrogen-bond acceptors (Lipinski definition) is 10. The molecule has 1 amide bonds. The molecule has 5 heterocycles. The zero-order valence-corrected chi connectivity index (χ0v) is 20.1. The van der Waals surface area contributed by atoms with Gasteiger partial charge >= 0.3 is 0 Å². The van der Waals surface area contributed by atoms with E-state index in [4.69, 9.17) is 20.5 Å². The van der Waals surface area contributed by atoms with E-state index in [0.717, 1.165) is 5.57 Å². The van der Waals surface area contributed by atoms with E-state index in [1.807, 2.05) is 4.90 Å². The van der Waals surface area contributed by atoms with Crippen LogP contribution in [-0.4, -0.2) is 82.4 Å². The highest BCUT2D eigenvalue weighted by Gasteiger charge is 2.49. The lowest BCUT2D eigenvalue weighted by molar-refractivity contribution is -0.0508. The average molecular weight is 504 g/mol. The summed E-state index contributed by atoms with van der Waals surface area (Å²) in [6.45, 7) is 3.56. The van der Waals surface area contributed by atoms with Crippen molar-refractivity contribution in [1.29, 1.82) is 0 Å². The van der Waals surface area contributed by atoms with Crippen molar-refractivity contribution in [3.05, 3.63) is 65.4 Å². The number of rotatable bonds is 4. The summed E-state index contributed by atoms with van der Waals surface area (Å²) in [5.74, 6) is -0.678. The molecule has 2 saturated heterocycles. The number of carbonyl (C=O) groups excluding carboxylic acids is 1. The maximum atomic E-state index is 13.3. The number of benzene rings is 1. The van der Waals surface area contributed by atoms with Crippen LogP contribution in [0.15, 0.2) is 68.6 Å². The van der Waals surface area contributed by atoms with E-state index in [9.17, 15) is 9.18 Å². The molecule has 0 saturated carbocycles. The van der Waals surface area contributed by atoms with Gasteiger partial charge in [0.2, 0.25) is 11.7 Å². The summed E-state index contributed by atoms with van der Waals surface area (Å²) in [7, 11) is 0. The quantitative estimate of drug-likeness (QED) is 0.680. The third-order valence-electron chi connectivity index (χ3n) is 7.22. The Morgan fingerprint density at radius 1 is 1.03 bits per heavy atom. The number of likely N-dealkylation sites (tertiary alicyclic amines) is 1. The van der Waals surface area contributed by atoms with Crippen molar-refractivity contribution in [1.82, 2.24) is 19.8 Å². The van der Waals surface area contributed by atoms with Crippen LogP contribution >= 0.6 is 0 Å². The number of ether oxygens (including phenoxy) is 1. The number of aromatic nitrogens is 2. The molecule has 12 heteroatoms. The minimum absolute atomic E-state index is 0.0115. The normalized spacial score (nSPS) is 24.4. The predicted molar refractivity (Wildman–Crippen MR) is 134 cm³/mol. The molecule has 6 rings (SSSR count). The summed E-state index contributed by atoms with van der Waals surface area (Å²) in [4.78, 5) is 35.8. The summed E-state index contributed by atoms with van der Waals surface area (Å²) in [6.07, 6.45) is 6.33. The van der Waals surface area contributed by atoms with Crippen molar-refractivity contribution in [2.75, 3.05) is 45.1 Å². The molecule has 0 radical (unpaired) electrons. The fraction of sp³-hybridized carbons (Fsp3) is 0.400. The Kier molecular flexibility index (Phi) is 6.05. The highest BCUT2D eigenvalue weighted by Crippen LogP contribution is 2.41. The Morgan fingerprint density at radius 3 is 2.43 bits per heavy atom. The molecule has 2 fully saturated rings. The van der Waals surface area contributed by atoms with E-state index in [1.54, 1.807) is 18.6 Å². The Balaban J connectivity index is 1.34. The van der Waals surface area contributed by atoms with Crippen LogP contribution < -0.4 is 5.73 Å². The molecule has 37 heavy (non-hydrogen) atoms. The van der Waals surface area contributed by atoms with E-state index in [-0.39, 0.29) is 23.6 Å². The molecular weight excluding hydrogens is 477 g/mol. The molecule has 1 aromatic heterocycles. The van der Waals surface area contributed by atoms with E-state index >= 15 is 0 Å². The molecule has 4 aliphatic heterocycles. The number of piperidine rings is 1. The van der Waals surface area contributed by atoms with Crippen LogP contribution in [0.3, 0.4) is 0 Å². The number of hydrogen-bond donors (Lipinski definition) is 1. The van der Waals surface area contributed by atoms with Crippen LogP contribution in [0.1, 0.15) is 28.8 Å². The van der Waals surface area contributed by atoms with E-state index in [2.05, 4.69) is 25.1 Å². The van der Waals surface area contributed by atoms with Crippen LogP contribution in [-0.2, 0) is 4.74 Å². The summed E-state index contributed by atoms with van der Waals surface area (Å²) < 4.78 is 19.0. The minimum Gasteiger partial charge on any atom is -0.379 e. The molecule has 4 aliphatic rings. The predicted octanol–water partition coefficient (Wildman–Crippen LogP) is 2.29. The smallest absolute Gasteiger partial charge is 0.253 e. The molecule has 0 aliphatic carbocycles. The number of carbonyl (C=O) groups is 1. The largest absolute Gasteiger partial charge is 0.379 e. The maximum absolute atomic E-state index is 13.3. The number of amides is 1. The zero-order chi connectivity index (χ0) is 25.4. The molecular formula is C25H26FN9O2. The Hall–Kier alpha value is -3.90. The van der Waals surface area contributed by atoms with Crippen molar-refractivity contribution < 1.29 is 13.9 Å². The number of halogens is 1. The van der Waals surface area contributed by atoms with Gasteiger partial charge in [-0.3, -0.25) is 9.69 Å². The maximum Gasteiger partial charge on any atom is 0.253 e. The molecule has 2 aromatic rings. The molecule has 1 aromatic carbocycles. The number of nitrogen functional groups attached to an aromatic ring is 1. The number of fused-ring (bicyclic) bond motifs is 1. The first-order valence-electron chi connectivity index (χ1n) is 12.3. The summed E-state index contributed by atoms with van der Waals surface area (Å²) in [5, 5.41) is 8.42. The second-order valence-corrected chi connectivity index (χ2v) is 9.34. The third kappa shape index (κ3) is 4.31. The van der Waals surface area contributed by atoms with Crippen molar-refractivity contribution in [3.8, 4) is 0 Å². The lowest BCUT2D eigenvalue weighted by atomic mass is 9.86. The number of amidine groups is 1. The number of aliphatic imine (C=N–C) groups is 2. The molecule has 1 unspecified atom stereocenters. The monoisotopic (exact) mass is 503 g/mol. The van der Waals surface area contributed by atoms with Crippen molar-refractivity contribution in [2.24, 2.45) is 26.1 Å². The second-order valence-electron chi connectivity index (χ2n) is 9.34. The summed E-state index contributed by atoms with van der Waals surface area (Å²) in [6, 6.07) is 5.67. The molecule has 1 atom stereocenters. The molecule has 11 nitrogen and oxygen atoms in total. The van der Waals surface area contributed by atoms with E-state index in [0.29, 0.717) is 74.9 Å². The first-order valence-corrected chi connectivity index (χ1v) is 12.3. The number of azo groups is 1. The van der Waals surface area contributed by atoms with Crippen LogP contribution in [0.4, 0.5) is 10.3 Å². The summed E-state index contributed by atoms with van der Waals surface area (Å²) >= 11 is 0. The fourth-order valence-electron chi connectivity index (χ4n) is 5.31. The topological polar surface area (TPSA) is 134 Å². The number of nitrogens with zero attached hydrogens (tertiary/aromatic N) is 8. The van der Waals surface area contributed by atoms with Gasteiger partial charge in [0.05, 0.1) is 30.7 Å². The van der Waals surface area contributed by atoms with Gasteiger partial charge in [0.1, 0.15) is 5.82 Å². The van der Waals surface area contributed by atoms with Gasteiger partial charge in [0.15, 0.2) is 5.84 Å². The highest BCUT2D eigenvalue weighted by molar-refractivity contribution is 6.31. The third-order valence-corrected chi connectivity index (χ3v) is 7.22. The first kappa shape index (κ1) is 23.5. The first-order chi connectivity index (χ1) is 18.0. The molecule has 0 spiro atoms. The van der Waals surface area contributed by atoms with Gasteiger partial charge in [-0.25, -0.2) is 24.3 Å². The van der Waals surface area contributed by atoms with E-state index < -0.39 is 5.79 Å². The SMILES string of the molecule is Nc1ncc(C2=NC(C3CCN(C(=O)c4ccc(F)cc4)CC3)(N3CCOCC3)N=C3N=NC=C32)cn1. The average Bonchev–Trinajstić information content (AvgIpc) is 3.42. The van der Waals surface area contributed by atoms with Crippen molar-refractivity contribution >= 4 is 23.4 Å². The Morgan fingerprint density at radius 2 is 1.73 bits per heavy atom. The number of anilines is 1. The van der Waals surface area contributed by atoms with Gasteiger partial charge < -0.3 is 15.4 Å². The van der Waals surface area contributed by atoms with Crippen LogP contribution in [0.25, 0.3) is 0 Å². The van der Waals surface area contributed by atoms with Crippen molar-refractivity contribution in [2.45, 2.75) is 18.6 Å². The molecule has 0 bridgehead atoms. The molecule has 190 valence electrons. The standard InChI is InChI=1S/C25H26FN9O2/c26-19-3-1-16(2-4-19)23(36)34-7-5-18(6-8-34)25(35-9-11-37-12-10-35)31-21(17-13-28-24(27)29-14-17)20-15-30-33-22(20)32-25/h1-4,13-15,18H,5-12H2,(H2,27,28,29). The number of nitrogens with two attached hydrogens (primary N) is 1. The van der Waals surface area contributed by atoms with Gasteiger partial charge in [0, 0.05) is 55.6 Å². The Bertz CT molecular complexity index is 1310. The van der Waals surface area contributed by atoms with Crippen molar-refractivity contribution in [3.63, 3.8) is 0 Å². The van der Waals surface area contributed by atoms with Gasteiger partial charge in [-0.15, -0.1) is 5.11 Å². The highest BCUT2D eigenvalue weighted by atomic mass is 19.1. The lowest BCUT2D eigenvalue weighted by Gasteiger charge is -2.48. The van der Waals surface area contributed by atoms with E-state index in [1.165, 1.54) is 24.3 Å². The van der Waals surface area contributed by atoms with Gasteiger partial charge in [-0.2, -0.15) is 5.11 Å². The zero-order valence-electron chi connectivity index (χ0n) is 20.1. The lowest BCUT2D eigenvalue weighted by Crippen LogP contribution is -2.59. The summed E-state index contributed by atoms with van der Waals surface area (Å²) in [5.41, 5.74) is 8.31. The molecule has 2 N–H and O–H groups in total. The van der Waals surface area contributed by atoms with Gasteiger partial charge in [-0.05, 0) is 37.1 Å². The number of morpholine rings is 1. The van der Waals surface area contributed by atoms with Crippen LogP contribution in [0.2, 0.25) is 0 Å². The Labute approximate surface area is 212 Å². The van der Waals surface area contributed by atoms with Crippen LogP contribution in [0.5, 0.6) is 0 Å². The minimum atomic E-state index is -0.929. The fourth-order valence-corrected chi connectivity index (χ4v) is 5.31.